The molecule has 1 aliphatic rings. The zero-order valence-electron chi connectivity index (χ0n) is 13.5. The molecule has 0 radical (unpaired) electrons. The standard InChI is InChI=1S/C15H21ClN2O5S/c1-3-18(9-15(19)20)12-7-11(8-12)17-24(21,22)14-6-10(16)4-5-13(14)23-2/h4-6,11-12,17H,3,7-9H2,1-2H3,(H,19,20). The highest BCUT2D eigenvalue weighted by atomic mass is 35.5. The van der Waals surface area contributed by atoms with Crippen molar-refractivity contribution in [2.75, 3.05) is 20.2 Å². The monoisotopic (exact) mass is 376 g/mol. The first-order valence-electron chi connectivity index (χ1n) is 7.58. The van der Waals surface area contributed by atoms with Crippen LogP contribution in [0.4, 0.5) is 0 Å². The Labute approximate surface area is 146 Å². The highest BCUT2D eigenvalue weighted by Crippen LogP contribution is 2.30. The Hall–Kier alpha value is -1.35. The molecule has 0 saturated heterocycles. The third kappa shape index (κ3) is 4.38. The summed E-state index contributed by atoms with van der Waals surface area (Å²) in [6.45, 7) is 2.46. The lowest BCUT2D eigenvalue weighted by Crippen LogP contribution is -2.54. The van der Waals surface area contributed by atoms with E-state index in [1.807, 2.05) is 11.8 Å². The molecule has 0 unspecified atom stereocenters. The van der Waals surface area contributed by atoms with Crippen molar-refractivity contribution >= 4 is 27.6 Å². The normalized spacial score (nSPS) is 20.7. The number of carboxylic acids is 1. The minimum atomic E-state index is -3.76. The molecule has 1 aliphatic carbocycles. The molecule has 2 rings (SSSR count). The van der Waals surface area contributed by atoms with E-state index in [0.29, 0.717) is 24.4 Å². The van der Waals surface area contributed by atoms with E-state index < -0.39 is 16.0 Å². The molecule has 7 nitrogen and oxygen atoms in total. The molecule has 9 heteroatoms. The Balaban J connectivity index is 2.02. The van der Waals surface area contributed by atoms with E-state index in [2.05, 4.69) is 4.72 Å². The Morgan fingerprint density at radius 3 is 2.67 bits per heavy atom. The van der Waals surface area contributed by atoms with Gasteiger partial charge in [0, 0.05) is 17.1 Å². The Morgan fingerprint density at radius 2 is 2.12 bits per heavy atom. The van der Waals surface area contributed by atoms with Crippen molar-refractivity contribution in [3.63, 3.8) is 0 Å². The van der Waals surface area contributed by atoms with E-state index in [4.69, 9.17) is 21.4 Å². The molecular weight excluding hydrogens is 356 g/mol. The molecule has 1 fully saturated rings. The number of benzene rings is 1. The summed E-state index contributed by atoms with van der Waals surface area (Å²) in [5, 5.41) is 9.20. The highest BCUT2D eigenvalue weighted by molar-refractivity contribution is 7.89. The van der Waals surface area contributed by atoms with Crippen LogP contribution in [-0.4, -0.2) is 56.7 Å². The second-order valence-corrected chi connectivity index (χ2v) is 7.81. The molecule has 0 amide bonds. The second-order valence-electron chi connectivity index (χ2n) is 5.70. The average molecular weight is 377 g/mol. The van der Waals surface area contributed by atoms with E-state index in [1.54, 1.807) is 6.07 Å². The zero-order valence-corrected chi connectivity index (χ0v) is 15.1. The number of carbonyl (C=O) groups is 1. The van der Waals surface area contributed by atoms with Crippen molar-refractivity contribution in [2.45, 2.75) is 36.7 Å². The zero-order chi connectivity index (χ0) is 17.9. The van der Waals surface area contributed by atoms with Crippen molar-refractivity contribution in [1.82, 2.24) is 9.62 Å². The quantitative estimate of drug-likeness (QED) is 0.714. The van der Waals surface area contributed by atoms with E-state index in [-0.39, 0.29) is 29.3 Å². The maximum atomic E-state index is 12.5. The minimum Gasteiger partial charge on any atom is -0.495 e. The minimum absolute atomic E-state index is 0.00108. The van der Waals surface area contributed by atoms with Crippen LogP contribution >= 0.6 is 11.6 Å². The third-order valence-electron chi connectivity index (χ3n) is 4.11. The fraction of sp³-hybridized carbons (Fsp3) is 0.533. The van der Waals surface area contributed by atoms with Crippen LogP contribution in [0.25, 0.3) is 0 Å². The highest BCUT2D eigenvalue weighted by Gasteiger charge is 2.37. The van der Waals surface area contributed by atoms with Gasteiger partial charge in [0.05, 0.1) is 13.7 Å². The topological polar surface area (TPSA) is 95.9 Å². The smallest absolute Gasteiger partial charge is 0.317 e. The Bertz CT molecular complexity index is 704. The van der Waals surface area contributed by atoms with Crippen molar-refractivity contribution < 1.29 is 23.1 Å². The van der Waals surface area contributed by atoms with Gasteiger partial charge in [0.15, 0.2) is 0 Å². The summed E-state index contributed by atoms with van der Waals surface area (Å²) in [5.74, 6) is -0.659. The summed E-state index contributed by atoms with van der Waals surface area (Å²) in [5.41, 5.74) is 0. The van der Waals surface area contributed by atoms with Crippen LogP contribution in [0.5, 0.6) is 5.75 Å². The van der Waals surface area contributed by atoms with Crippen molar-refractivity contribution in [1.29, 1.82) is 0 Å². The summed E-state index contributed by atoms with van der Waals surface area (Å²) in [6, 6.07) is 4.25. The van der Waals surface area contributed by atoms with Crippen LogP contribution in [0.3, 0.4) is 0 Å². The van der Waals surface area contributed by atoms with Crippen molar-refractivity contribution in [3.05, 3.63) is 23.2 Å². The number of aliphatic carboxylic acids is 1. The van der Waals surface area contributed by atoms with E-state index in [1.165, 1.54) is 19.2 Å². The van der Waals surface area contributed by atoms with Gasteiger partial charge in [-0.2, -0.15) is 0 Å². The van der Waals surface area contributed by atoms with Gasteiger partial charge in [-0.3, -0.25) is 9.69 Å². The molecular formula is C15H21ClN2O5S. The predicted molar refractivity (Wildman–Crippen MR) is 90.0 cm³/mol. The van der Waals surface area contributed by atoms with Gasteiger partial charge in [0.2, 0.25) is 10.0 Å². The van der Waals surface area contributed by atoms with Gasteiger partial charge in [-0.15, -0.1) is 0 Å². The number of methoxy groups -OCH3 is 1. The SMILES string of the molecule is CCN(CC(=O)O)C1CC(NS(=O)(=O)c2cc(Cl)ccc2OC)C1. The van der Waals surface area contributed by atoms with Crippen molar-refractivity contribution in [3.8, 4) is 5.75 Å². The molecule has 0 aromatic heterocycles. The van der Waals surface area contributed by atoms with E-state index in [9.17, 15) is 13.2 Å². The number of sulfonamides is 1. The molecule has 1 saturated carbocycles. The molecule has 2 N–H and O–H groups in total. The van der Waals surface area contributed by atoms with E-state index in [0.717, 1.165) is 0 Å². The molecule has 0 heterocycles. The van der Waals surface area contributed by atoms with Crippen LogP contribution in [0.1, 0.15) is 19.8 Å². The number of nitrogens with one attached hydrogen (secondary N) is 1. The lowest BCUT2D eigenvalue weighted by atomic mass is 9.86. The molecule has 1 aromatic rings. The molecule has 24 heavy (non-hydrogen) atoms. The van der Waals surface area contributed by atoms with Crippen LogP contribution in [0.15, 0.2) is 23.1 Å². The number of hydrogen-bond donors (Lipinski definition) is 2. The summed E-state index contributed by atoms with van der Waals surface area (Å²) in [7, 11) is -2.36. The number of carboxylic acid groups (broad SMARTS) is 1. The maximum absolute atomic E-state index is 12.5. The Morgan fingerprint density at radius 1 is 1.46 bits per heavy atom. The lowest BCUT2D eigenvalue weighted by Gasteiger charge is -2.42. The number of halogens is 1. The first-order valence-corrected chi connectivity index (χ1v) is 9.44. The lowest BCUT2D eigenvalue weighted by molar-refractivity contribution is -0.139. The maximum Gasteiger partial charge on any atom is 0.317 e. The summed E-state index contributed by atoms with van der Waals surface area (Å²) in [4.78, 5) is 12.7. The summed E-state index contributed by atoms with van der Waals surface area (Å²) >= 11 is 5.89. The van der Waals surface area contributed by atoms with Crippen LogP contribution in [0.2, 0.25) is 5.02 Å². The van der Waals surface area contributed by atoms with Gasteiger partial charge in [-0.1, -0.05) is 18.5 Å². The van der Waals surface area contributed by atoms with Gasteiger partial charge in [0.1, 0.15) is 10.6 Å². The number of rotatable bonds is 8. The van der Waals surface area contributed by atoms with Crippen LogP contribution in [-0.2, 0) is 14.8 Å². The van der Waals surface area contributed by atoms with Crippen LogP contribution in [0, 0.1) is 0 Å². The van der Waals surface area contributed by atoms with Gasteiger partial charge in [-0.25, -0.2) is 13.1 Å². The van der Waals surface area contributed by atoms with E-state index >= 15 is 0 Å². The number of nitrogens with zero attached hydrogens (tertiary/aromatic N) is 1. The molecule has 0 bridgehead atoms. The van der Waals surface area contributed by atoms with Gasteiger partial charge in [-0.05, 0) is 37.6 Å². The van der Waals surface area contributed by atoms with Gasteiger partial charge < -0.3 is 9.84 Å². The fourth-order valence-electron chi connectivity index (χ4n) is 2.80. The molecule has 0 aliphatic heterocycles. The molecule has 1 aromatic carbocycles. The second kappa shape index (κ2) is 7.69. The van der Waals surface area contributed by atoms with Gasteiger partial charge in [0.25, 0.3) is 0 Å². The van der Waals surface area contributed by atoms with Gasteiger partial charge >= 0.3 is 5.97 Å². The third-order valence-corrected chi connectivity index (χ3v) is 5.89. The first-order chi connectivity index (χ1) is 11.3. The fourth-order valence-corrected chi connectivity index (χ4v) is 4.49. The summed E-state index contributed by atoms with van der Waals surface area (Å²) in [6.07, 6.45) is 1.15. The largest absolute Gasteiger partial charge is 0.495 e. The first kappa shape index (κ1) is 19.0. The summed E-state index contributed by atoms with van der Waals surface area (Å²) < 4.78 is 32.8. The number of hydrogen-bond acceptors (Lipinski definition) is 5. The Kier molecular flexibility index (Phi) is 6.08. The molecule has 134 valence electrons. The average Bonchev–Trinajstić information content (AvgIpc) is 2.48. The number of ether oxygens (including phenoxy) is 1. The van der Waals surface area contributed by atoms with Crippen LogP contribution < -0.4 is 9.46 Å². The molecule has 0 atom stereocenters. The predicted octanol–water partition coefficient (Wildman–Crippen LogP) is 1.56. The number of likely N-dealkylation sites (N-methyl/N-ethyl adjacent to an activating group) is 1. The van der Waals surface area contributed by atoms with Crippen molar-refractivity contribution in [2.24, 2.45) is 0 Å². The molecule has 0 spiro atoms.